The highest BCUT2D eigenvalue weighted by molar-refractivity contribution is 4.95. The van der Waals surface area contributed by atoms with Gasteiger partial charge in [-0.15, -0.1) is 0 Å². The zero-order valence-corrected chi connectivity index (χ0v) is 7.19. The second-order valence-corrected chi connectivity index (χ2v) is 2.67. The van der Waals surface area contributed by atoms with E-state index in [1.54, 1.807) is 0 Å². The van der Waals surface area contributed by atoms with Crippen LogP contribution in [-0.4, -0.2) is 0 Å². The minimum Gasteiger partial charge on any atom is -0.402 e. The Kier molecular flexibility index (Phi) is 6.35. The van der Waals surface area contributed by atoms with Crippen molar-refractivity contribution in [3.63, 3.8) is 0 Å². The fourth-order valence-electron chi connectivity index (χ4n) is 0.813. The van der Waals surface area contributed by atoms with Crippen molar-refractivity contribution in [3.8, 4) is 0 Å². The van der Waals surface area contributed by atoms with Crippen LogP contribution in [0.4, 0.5) is 0 Å². The fraction of sp³-hybridized carbons (Fsp3) is 0.778. The predicted octanol–water partition coefficient (Wildman–Crippen LogP) is 2.82. The maximum atomic E-state index is 5.71. The maximum Gasteiger partial charge on any atom is 0.00399 e. The van der Waals surface area contributed by atoms with Gasteiger partial charge < -0.3 is 5.73 Å². The van der Waals surface area contributed by atoms with Crippen LogP contribution in [-0.2, 0) is 0 Å². The summed E-state index contributed by atoms with van der Waals surface area (Å²) in [5.74, 6) is 0. The average Bonchev–Trinajstić information content (AvgIpc) is 1.97. The molecule has 10 heavy (non-hydrogen) atoms. The Bertz CT molecular complexity index is 94.9. The van der Waals surface area contributed by atoms with Crippen LogP contribution in [0.25, 0.3) is 0 Å². The van der Waals surface area contributed by atoms with E-state index in [9.17, 15) is 0 Å². The van der Waals surface area contributed by atoms with Gasteiger partial charge in [-0.25, -0.2) is 0 Å². The van der Waals surface area contributed by atoms with Crippen LogP contribution in [0.2, 0.25) is 0 Å². The van der Waals surface area contributed by atoms with Crippen molar-refractivity contribution >= 4 is 0 Å². The predicted molar refractivity (Wildman–Crippen MR) is 46.7 cm³/mol. The van der Waals surface area contributed by atoms with E-state index in [1.807, 2.05) is 0 Å². The Labute approximate surface area is 64.3 Å². The molecule has 0 unspecified atom stereocenters. The zero-order valence-electron chi connectivity index (χ0n) is 7.19. The topological polar surface area (TPSA) is 26.0 Å². The normalized spacial score (nSPS) is 12.0. The van der Waals surface area contributed by atoms with E-state index in [0.29, 0.717) is 0 Å². The Morgan fingerprint density at radius 3 is 2.50 bits per heavy atom. The first kappa shape index (κ1) is 9.54. The first-order chi connectivity index (χ1) is 4.81. The molecule has 0 fully saturated rings. The van der Waals surface area contributed by atoms with Gasteiger partial charge in [-0.3, -0.25) is 0 Å². The summed E-state index contributed by atoms with van der Waals surface area (Å²) in [5.41, 5.74) is 6.78. The minimum absolute atomic E-state index is 1.07. The Hall–Kier alpha value is -0.460. The molecule has 0 saturated carbocycles. The third kappa shape index (κ3) is 5.67. The quantitative estimate of drug-likeness (QED) is 0.626. The lowest BCUT2D eigenvalue weighted by molar-refractivity contribution is 0.774. The standard InChI is InChI=1S/C9H19N/c1-3-5-7-9(10)8-6-4-2/h7H,3-6,8,10H2,1-2H3. The van der Waals surface area contributed by atoms with Crippen molar-refractivity contribution in [3.05, 3.63) is 11.8 Å². The van der Waals surface area contributed by atoms with Crippen molar-refractivity contribution in [1.29, 1.82) is 0 Å². The van der Waals surface area contributed by atoms with Crippen LogP contribution < -0.4 is 5.73 Å². The molecule has 2 N–H and O–H groups in total. The molecule has 0 aliphatic carbocycles. The fourth-order valence-corrected chi connectivity index (χ4v) is 0.813. The van der Waals surface area contributed by atoms with Crippen molar-refractivity contribution in [2.45, 2.75) is 46.0 Å². The van der Waals surface area contributed by atoms with Gasteiger partial charge in [0.1, 0.15) is 0 Å². The van der Waals surface area contributed by atoms with Crippen LogP contribution in [0.3, 0.4) is 0 Å². The molecule has 0 atom stereocenters. The number of hydrogen-bond donors (Lipinski definition) is 1. The molecule has 0 rings (SSSR count). The first-order valence-corrected chi connectivity index (χ1v) is 4.25. The van der Waals surface area contributed by atoms with Crippen LogP contribution in [0.1, 0.15) is 46.0 Å². The summed E-state index contributed by atoms with van der Waals surface area (Å²) in [6.45, 7) is 4.36. The molecule has 60 valence electrons. The van der Waals surface area contributed by atoms with Crippen molar-refractivity contribution in [2.24, 2.45) is 5.73 Å². The third-order valence-corrected chi connectivity index (χ3v) is 1.51. The number of hydrogen-bond acceptors (Lipinski definition) is 1. The third-order valence-electron chi connectivity index (χ3n) is 1.51. The Morgan fingerprint density at radius 2 is 2.00 bits per heavy atom. The van der Waals surface area contributed by atoms with E-state index in [4.69, 9.17) is 5.73 Å². The van der Waals surface area contributed by atoms with Gasteiger partial charge in [-0.2, -0.15) is 0 Å². The van der Waals surface area contributed by atoms with Crippen molar-refractivity contribution in [2.75, 3.05) is 0 Å². The average molecular weight is 141 g/mol. The molecule has 0 bridgehead atoms. The second-order valence-electron chi connectivity index (χ2n) is 2.67. The molecule has 0 saturated heterocycles. The summed E-state index contributed by atoms with van der Waals surface area (Å²) < 4.78 is 0. The molecule has 0 aromatic heterocycles. The molecule has 0 aromatic carbocycles. The molecule has 0 spiro atoms. The summed E-state index contributed by atoms with van der Waals surface area (Å²) >= 11 is 0. The van der Waals surface area contributed by atoms with Gasteiger partial charge in [0.25, 0.3) is 0 Å². The van der Waals surface area contributed by atoms with E-state index >= 15 is 0 Å². The molecular weight excluding hydrogens is 122 g/mol. The van der Waals surface area contributed by atoms with Crippen LogP contribution in [0, 0.1) is 0 Å². The lowest BCUT2D eigenvalue weighted by Crippen LogP contribution is -1.96. The summed E-state index contributed by atoms with van der Waals surface area (Å²) in [7, 11) is 0. The molecule has 1 heteroatoms. The van der Waals surface area contributed by atoms with E-state index in [0.717, 1.165) is 18.5 Å². The van der Waals surface area contributed by atoms with E-state index in [2.05, 4.69) is 19.9 Å². The van der Waals surface area contributed by atoms with Gasteiger partial charge in [-0.1, -0.05) is 32.8 Å². The van der Waals surface area contributed by atoms with E-state index in [-0.39, 0.29) is 0 Å². The Morgan fingerprint density at radius 1 is 1.30 bits per heavy atom. The highest BCUT2D eigenvalue weighted by atomic mass is 14.6. The van der Waals surface area contributed by atoms with Gasteiger partial charge in [0.15, 0.2) is 0 Å². The smallest absolute Gasteiger partial charge is 0.00399 e. The van der Waals surface area contributed by atoms with Crippen molar-refractivity contribution in [1.82, 2.24) is 0 Å². The van der Waals surface area contributed by atoms with Gasteiger partial charge >= 0.3 is 0 Å². The molecule has 0 radical (unpaired) electrons. The van der Waals surface area contributed by atoms with E-state index < -0.39 is 0 Å². The lowest BCUT2D eigenvalue weighted by Gasteiger charge is -1.97. The summed E-state index contributed by atoms with van der Waals surface area (Å²) in [6, 6.07) is 0. The highest BCUT2D eigenvalue weighted by Crippen LogP contribution is 2.02. The summed E-state index contributed by atoms with van der Waals surface area (Å²) in [6.07, 6.45) is 8.03. The zero-order chi connectivity index (χ0) is 7.82. The maximum absolute atomic E-state index is 5.71. The van der Waals surface area contributed by atoms with Gasteiger partial charge in [0.2, 0.25) is 0 Å². The molecule has 0 aliphatic rings. The molecular formula is C9H19N. The lowest BCUT2D eigenvalue weighted by atomic mass is 10.2. The first-order valence-electron chi connectivity index (χ1n) is 4.25. The minimum atomic E-state index is 1.07. The van der Waals surface area contributed by atoms with Crippen molar-refractivity contribution < 1.29 is 0 Å². The molecule has 0 heterocycles. The molecule has 1 nitrogen and oxygen atoms in total. The van der Waals surface area contributed by atoms with E-state index in [1.165, 1.54) is 19.3 Å². The molecule has 0 aromatic rings. The highest BCUT2D eigenvalue weighted by Gasteiger charge is 1.87. The summed E-state index contributed by atoms with van der Waals surface area (Å²) in [4.78, 5) is 0. The number of unbranched alkanes of at least 4 members (excludes halogenated alkanes) is 2. The number of rotatable bonds is 5. The van der Waals surface area contributed by atoms with Gasteiger partial charge in [-0.05, 0) is 19.3 Å². The van der Waals surface area contributed by atoms with Crippen LogP contribution >= 0.6 is 0 Å². The van der Waals surface area contributed by atoms with Gasteiger partial charge in [0.05, 0.1) is 0 Å². The van der Waals surface area contributed by atoms with Gasteiger partial charge in [0, 0.05) is 5.70 Å². The molecule has 0 amide bonds. The van der Waals surface area contributed by atoms with Crippen LogP contribution in [0.15, 0.2) is 11.8 Å². The Balaban J connectivity index is 3.30. The number of allylic oxidation sites excluding steroid dienone is 2. The number of nitrogens with two attached hydrogens (primary N) is 1. The second kappa shape index (κ2) is 6.66. The summed E-state index contributed by atoms with van der Waals surface area (Å²) in [5, 5.41) is 0. The largest absolute Gasteiger partial charge is 0.402 e. The monoisotopic (exact) mass is 141 g/mol. The molecule has 0 aliphatic heterocycles. The van der Waals surface area contributed by atoms with Crippen LogP contribution in [0.5, 0.6) is 0 Å². The SMILES string of the molecule is CCCC=C(N)CCCC.